The number of rotatable bonds is 3. The Hall–Kier alpha value is -1.50. The van der Waals surface area contributed by atoms with Crippen molar-refractivity contribution in [1.82, 2.24) is 24.3 Å². The van der Waals surface area contributed by atoms with Gasteiger partial charge in [-0.1, -0.05) is 0 Å². The van der Waals surface area contributed by atoms with Gasteiger partial charge >= 0.3 is 5.69 Å². The lowest BCUT2D eigenvalue weighted by atomic mass is 10.3. The van der Waals surface area contributed by atoms with Gasteiger partial charge < -0.3 is 0 Å². The Labute approximate surface area is 119 Å². The van der Waals surface area contributed by atoms with Crippen LogP contribution >= 0.6 is 15.9 Å². The summed E-state index contributed by atoms with van der Waals surface area (Å²) in [5.41, 5.74) is 1.27. The SMILES string of the molecule is Cc1nc(=O)n(Cc2ncnn2C(C)C)c(C)c1Br. The average molecular weight is 326 g/mol. The number of nitrogens with zero attached hydrogens (tertiary/aromatic N) is 5. The molecule has 0 saturated heterocycles. The number of hydrogen-bond donors (Lipinski definition) is 0. The van der Waals surface area contributed by atoms with Crippen molar-refractivity contribution >= 4 is 15.9 Å². The lowest BCUT2D eigenvalue weighted by molar-refractivity contribution is 0.490. The molecule has 19 heavy (non-hydrogen) atoms. The van der Waals surface area contributed by atoms with Gasteiger partial charge in [-0.2, -0.15) is 10.1 Å². The molecule has 2 aromatic heterocycles. The first-order chi connectivity index (χ1) is 8.91. The normalized spacial score (nSPS) is 11.3. The molecule has 0 aliphatic carbocycles. The second kappa shape index (κ2) is 5.24. The largest absolute Gasteiger partial charge is 0.348 e. The highest BCUT2D eigenvalue weighted by molar-refractivity contribution is 9.10. The summed E-state index contributed by atoms with van der Waals surface area (Å²) < 4.78 is 4.25. The molecule has 0 aliphatic heterocycles. The average Bonchev–Trinajstić information content (AvgIpc) is 2.80. The highest BCUT2D eigenvalue weighted by Crippen LogP contribution is 2.17. The van der Waals surface area contributed by atoms with Crippen LogP contribution in [0.15, 0.2) is 15.6 Å². The summed E-state index contributed by atoms with van der Waals surface area (Å²) in [5, 5.41) is 4.17. The van der Waals surface area contributed by atoms with Gasteiger partial charge in [0.15, 0.2) is 0 Å². The third-order valence-electron chi connectivity index (χ3n) is 2.97. The molecule has 2 aromatic rings. The topological polar surface area (TPSA) is 65.6 Å². The number of hydrogen-bond acceptors (Lipinski definition) is 4. The van der Waals surface area contributed by atoms with Gasteiger partial charge in [-0.25, -0.2) is 14.5 Å². The van der Waals surface area contributed by atoms with Crippen molar-refractivity contribution in [2.24, 2.45) is 0 Å². The van der Waals surface area contributed by atoms with Crippen molar-refractivity contribution in [3.63, 3.8) is 0 Å². The molecule has 0 spiro atoms. The molecule has 0 atom stereocenters. The highest BCUT2D eigenvalue weighted by atomic mass is 79.9. The van der Waals surface area contributed by atoms with Gasteiger partial charge in [0, 0.05) is 11.7 Å². The zero-order valence-electron chi connectivity index (χ0n) is 11.4. The van der Waals surface area contributed by atoms with Gasteiger partial charge in [0.2, 0.25) is 0 Å². The maximum atomic E-state index is 12.0. The van der Waals surface area contributed by atoms with E-state index in [4.69, 9.17) is 0 Å². The zero-order valence-corrected chi connectivity index (χ0v) is 13.0. The van der Waals surface area contributed by atoms with E-state index in [0.29, 0.717) is 12.2 Å². The van der Waals surface area contributed by atoms with Crippen molar-refractivity contribution in [2.75, 3.05) is 0 Å². The first-order valence-corrected chi connectivity index (χ1v) is 6.83. The Balaban J connectivity index is 2.47. The van der Waals surface area contributed by atoms with Gasteiger partial charge in [0.25, 0.3) is 0 Å². The van der Waals surface area contributed by atoms with Crippen LogP contribution in [0, 0.1) is 13.8 Å². The van der Waals surface area contributed by atoms with Crippen LogP contribution < -0.4 is 5.69 Å². The molecule has 0 amide bonds. The molecule has 0 N–H and O–H groups in total. The third kappa shape index (κ3) is 2.60. The lowest BCUT2D eigenvalue weighted by Crippen LogP contribution is -2.28. The van der Waals surface area contributed by atoms with Crippen LogP contribution in [0.4, 0.5) is 0 Å². The van der Waals surface area contributed by atoms with Crippen LogP contribution in [0.2, 0.25) is 0 Å². The first kappa shape index (κ1) is 13.9. The molecular weight excluding hydrogens is 310 g/mol. The molecule has 0 aliphatic rings. The monoisotopic (exact) mass is 325 g/mol. The second-order valence-corrected chi connectivity index (χ2v) is 5.47. The molecule has 0 aromatic carbocycles. The minimum Gasteiger partial charge on any atom is -0.288 e. The van der Waals surface area contributed by atoms with Gasteiger partial charge in [0.1, 0.15) is 12.2 Å². The van der Waals surface area contributed by atoms with Crippen LogP contribution in [0.5, 0.6) is 0 Å². The van der Waals surface area contributed by atoms with Gasteiger partial charge in [0.05, 0.1) is 16.7 Å². The predicted octanol–water partition coefficient (Wildman–Crippen LogP) is 1.84. The fourth-order valence-electron chi connectivity index (χ4n) is 1.92. The Morgan fingerprint density at radius 2 is 2.05 bits per heavy atom. The summed E-state index contributed by atoms with van der Waals surface area (Å²) in [6.07, 6.45) is 1.51. The molecule has 102 valence electrons. The molecule has 6 nitrogen and oxygen atoms in total. The van der Waals surface area contributed by atoms with Crippen molar-refractivity contribution in [2.45, 2.75) is 40.3 Å². The Morgan fingerprint density at radius 1 is 1.37 bits per heavy atom. The van der Waals surface area contributed by atoms with E-state index in [1.54, 1.807) is 16.2 Å². The number of aryl methyl sites for hydroxylation is 1. The molecule has 2 heterocycles. The molecule has 0 fully saturated rings. The maximum absolute atomic E-state index is 12.0. The Kier molecular flexibility index (Phi) is 3.84. The van der Waals surface area contributed by atoms with E-state index in [-0.39, 0.29) is 11.7 Å². The molecule has 0 bridgehead atoms. The van der Waals surface area contributed by atoms with E-state index in [9.17, 15) is 4.79 Å². The van der Waals surface area contributed by atoms with Gasteiger partial charge in [-0.15, -0.1) is 0 Å². The summed E-state index contributed by atoms with van der Waals surface area (Å²) in [5.74, 6) is 0.748. The summed E-state index contributed by atoms with van der Waals surface area (Å²) >= 11 is 3.45. The van der Waals surface area contributed by atoms with E-state index in [1.807, 2.05) is 20.8 Å². The second-order valence-electron chi connectivity index (χ2n) is 4.68. The van der Waals surface area contributed by atoms with Crippen molar-refractivity contribution in [1.29, 1.82) is 0 Å². The van der Waals surface area contributed by atoms with E-state index in [2.05, 4.69) is 31.0 Å². The molecule has 0 radical (unpaired) electrons. The Morgan fingerprint density at radius 3 is 2.68 bits per heavy atom. The van der Waals surface area contributed by atoms with Gasteiger partial charge in [-0.05, 0) is 43.6 Å². The van der Waals surface area contributed by atoms with Crippen molar-refractivity contribution in [3.8, 4) is 0 Å². The summed E-state index contributed by atoms with van der Waals surface area (Å²) in [7, 11) is 0. The lowest BCUT2D eigenvalue weighted by Gasteiger charge is -2.14. The van der Waals surface area contributed by atoms with E-state index in [0.717, 1.165) is 16.0 Å². The standard InChI is InChI=1S/C12H16BrN5O/c1-7(2)18-10(14-6-15-18)5-17-9(4)11(13)8(3)16-12(17)19/h6-7H,5H2,1-4H3. The third-order valence-corrected chi connectivity index (χ3v) is 4.12. The van der Waals surface area contributed by atoms with Crippen molar-refractivity contribution in [3.05, 3.63) is 38.5 Å². The molecule has 7 heteroatoms. The van der Waals surface area contributed by atoms with Gasteiger partial charge in [-0.3, -0.25) is 4.57 Å². The smallest absolute Gasteiger partial charge is 0.288 e. The Bertz CT molecular complexity index is 659. The molecule has 2 rings (SSSR count). The quantitative estimate of drug-likeness (QED) is 0.863. The minimum atomic E-state index is -0.267. The summed E-state index contributed by atoms with van der Waals surface area (Å²) in [6, 6.07) is 0.204. The van der Waals surface area contributed by atoms with Crippen LogP contribution in [0.1, 0.15) is 37.1 Å². The molecule has 0 saturated carbocycles. The molecular formula is C12H16BrN5O. The van der Waals surface area contributed by atoms with E-state index < -0.39 is 0 Å². The van der Waals surface area contributed by atoms with E-state index >= 15 is 0 Å². The highest BCUT2D eigenvalue weighted by Gasteiger charge is 2.13. The summed E-state index contributed by atoms with van der Waals surface area (Å²) in [4.78, 5) is 20.2. The van der Waals surface area contributed by atoms with Crippen LogP contribution in [0.25, 0.3) is 0 Å². The zero-order chi connectivity index (χ0) is 14.2. The summed E-state index contributed by atoms with van der Waals surface area (Å²) in [6.45, 7) is 8.11. The minimum absolute atomic E-state index is 0.204. The first-order valence-electron chi connectivity index (χ1n) is 6.03. The van der Waals surface area contributed by atoms with E-state index in [1.165, 1.54) is 6.33 Å². The fraction of sp³-hybridized carbons (Fsp3) is 0.500. The fourth-order valence-corrected chi connectivity index (χ4v) is 2.23. The predicted molar refractivity (Wildman–Crippen MR) is 75.2 cm³/mol. The van der Waals surface area contributed by atoms with Crippen LogP contribution in [0.3, 0.4) is 0 Å². The number of aromatic nitrogens is 5. The van der Waals surface area contributed by atoms with Crippen molar-refractivity contribution < 1.29 is 0 Å². The molecule has 0 unspecified atom stereocenters. The van der Waals surface area contributed by atoms with Crippen LogP contribution in [-0.2, 0) is 6.54 Å². The maximum Gasteiger partial charge on any atom is 0.348 e. The number of halogens is 1. The van der Waals surface area contributed by atoms with Crippen LogP contribution in [-0.4, -0.2) is 24.3 Å².